The lowest BCUT2D eigenvalue weighted by molar-refractivity contribution is -0.0900. The van der Waals surface area contributed by atoms with Crippen LogP contribution in [0.5, 0.6) is 0 Å². The molecule has 9 nitrogen and oxygen atoms in total. The van der Waals surface area contributed by atoms with Gasteiger partial charge in [-0.15, -0.1) is 0 Å². The third kappa shape index (κ3) is 6.52. The van der Waals surface area contributed by atoms with Gasteiger partial charge in [-0.3, -0.25) is 15.2 Å². The average Bonchev–Trinajstić information content (AvgIpc) is 2.53. The van der Waals surface area contributed by atoms with Crippen molar-refractivity contribution >= 4 is 5.91 Å². The van der Waals surface area contributed by atoms with E-state index in [0.29, 0.717) is 5.56 Å². The van der Waals surface area contributed by atoms with Gasteiger partial charge in [-0.2, -0.15) is 0 Å². The monoisotopic (exact) mass is 289 g/mol. The highest BCUT2D eigenvalue weighted by molar-refractivity contribution is 5.93. The molecule has 0 spiro atoms. The molecule has 0 aliphatic carbocycles. The molecule has 0 saturated carbocycles. The maximum atomic E-state index is 10.7. The molecular formula is C11H19N3O6. The van der Waals surface area contributed by atoms with E-state index in [1.54, 1.807) is 12.1 Å². The number of hydrogen-bond donors (Lipinski definition) is 7. The SMILES string of the molecule is NNC(=O)c1ccncc1.OC[C@@H](O)C(O)[C@@H](O)CO. The zero-order chi connectivity index (χ0) is 15.5. The topological polar surface area (TPSA) is 169 Å². The van der Waals surface area contributed by atoms with Crippen LogP contribution >= 0.6 is 0 Å². The molecule has 1 amide bonds. The summed E-state index contributed by atoms with van der Waals surface area (Å²) in [6.07, 6.45) is -1.23. The predicted octanol–water partition coefficient (Wildman–Crippen LogP) is -3.26. The summed E-state index contributed by atoms with van der Waals surface area (Å²) in [4.78, 5) is 14.5. The van der Waals surface area contributed by atoms with Crippen molar-refractivity contribution in [1.82, 2.24) is 10.4 Å². The molecule has 9 heteroatoms. The first-order chi connectivity index (χ1) is 9.47. The van der Waals surface area contributed by atoms with E-state index in [-0.39, 0.29) is 5.91 Å². The minimum Gasteiger partial charge on any atom is -0.394 e. The molecule has 0 aliphatic rings. The highest BCUT2D eigenvalue weighted by Gasteiger charge is 2.22. The molecule has 0 aromatic carbocycles. The number of rotatable bonds is 5. The number of aliphatic hydroxyl groups is 5. The Kier molecular flexibility index (Phi) is 9.38. The summed E-state index contributed by atoms with van der Waals surface area (Å²) in [6.45, 7) is -1.28. The molecule has 0 radical (unpaired) electrons. The number of nitrogen functional groups attached to an aromatic ring is 1. The van der Waals surface area contributed by atoms with Crippen LogP contribution in [-0.2, 0) is 0 Å². The third-order valence-electron chi connectivity index (χ3n) is 2.24. The van der Waals surface area contributed by atoms with Gasteiger partial charge in [-0.1, -0.05) is 0 Å². The van der Waals surface area contributed by atoms with Gasteiger partial charge in [0.2, 0.25) is 0 Å². The van der Waals surface area contributed by atoms with E-state index in [0.717, 1.165) is 0 Å². The quantitative estimate of drug-likeness (QED) is 0.168. The lowest BCUT2D eigenvalue weighted by atomic mass is 10.1. The van der Waals surface area contributed by atoms with Gasteiger partial charge >= 0.3 is 0 Å². The summed E-state index contributed by atoms with van der Waals surface area (Å²) in [5, 5.41) is 42.6. The van der Waals surface area contributed by atoms with Crippen LogP contribution in [0.4, 0.5) is 0 Å². The van der Waals surface area contributed by atoms with Gasteiger partial charge in [0.1, 0.15) is 18.3 Å². The Bertz CT molecular complexity index is 368. The largest absolute Gasteiger partial charge is 0.394 e. The molecule has 114 valence electrons. The normalized spacial score (nSPS) is 14.5. The summed E-state index contributed by atoms with van der Waals surface area (Å²) in [5.41, 5.74) is 2.53. The van der Waals surface area contributed by atoms with E-state index in [1.807, 2.05) is 5.43 Å². The number of hydrazine groups is 1. The highest BCUT2D eigenvalue weighted by Crippen LogP contribution is 1.98. The van der Waals surface area contributed by atoms with E-state index >= 15 is 0 Å². The fourth-order valence-corrected chi connectivity index (χ4v) is 1.06. The van der Waals surface area contributed by atoms with Crippen molar-refractivity contribution in [3.05, 3.63) is 30.1 Å². The number of carbonyl (C=O) groups excluding carboxylic acids is 1. The minimum absolute atomic E-state index is 0.303. The molecule has 1 heterocycles. The second kappa shape index (κ2) is 10.2. The number of aromatic nitrogens is 1. The summed E-state index contributed by atoms with van der Waals surface area (Å²) >= 11 is 0. The summed E-state index contributed by atoms with van der Waals surface area (Å²) in [5.74, 6) is 4.58. The molecular weight excluding hydrogens is 270 g/mol. The Labute approximate surface area is 115 Å². The minimum atomic E-state index is -1.49. The van der Waals surface area contributed by atoms with Crippen molar-refractivity contribution in [2.75, 3.05) is 13.2 Å². The van der Waals surface area contributed by atoms with Gasteiger partial charge in [0.05, 0.1) is 13.2 Å². The Morgan fingerprint density at radius 1 is 1.15 bits per heavy atom. The second-order valence-electron chi connectivity index (χ2n) is 3.70. The molecule has 1 unspecified atom stereocenters. The van der Waals surface area contributed by atoms with Gasteiger partial charge in [0.15, 0.2) is 0 Å². The summed E-state index contributed by atoms with van der Waals surface area (Å²) in [7, 11) is 0. The van der Waals surface area contributed by atoms with Crippen LogP contribution in [0, 0.1) is 0 Å². The number of aliphatic hydroxyl groups excluding tert-OH is 5. The highest BCUT2D eigenvalue weighted by atomic mass is 16.4. The van der Waals surface area contributed by atoms with Gasteiger partial charge in [0, 0.05) is 18.0 Å². The van der Waals surface area contributed by atoms with Crippen molar-refractivity contribution in [2.45, 2.75) is 18.3 Å². The van der Waals surface area contributed by atoms with Crippen molar-refractivity contribution in [1.29, 1.82) is 0 Å². The molecule has 0 bridgehead atoms. The van der Waals surface area contributed by atoms with Crippen LogP contribution in [-0.4, -0.2) is 67.9 Å². The number of nitrogens with one attached hydrogen (secondary N) is 1. The van der Waals surface area contributed by atoms with Crippen LogP contribution in [0.15, 0.2) is 24.5 Å². The molecule has 0 aliphatic heterocycles. The number of nitrogens with two attached hydrogens (primary N) is 1. The standard InChI is InChI=1S/C6H7N3O.C5H12O5/c7-9-6(10)5-1-3-8-4-2-5;6-1-3(8)5(10)4(9)2-7/h1-4H,7H2,(H,9,10);3-10H,1-2H2/t;3-,4+,5?. The lowest BCUT2D eigenvalue weighted by Gasteiger charge is -2.19. The van der Waals surface area contributed by atoms with Crippen molar-refractivity contribution in [2.24, 2.45) is 5.84 Å². The zero-order valence-corrected chi connectivity index (χ0v) is 10.6. The number of nitrogens with zero attached hydrogens (tertiary/aromatic N) is 1. The molecule has 0 fully saturated rings. The summed E-state index contributed by atoms with van der Waals surface area (Å²) < 4.78 is 0. The van der Waals surface area contributed by atoms with E-state index in [2.05, 4.69) is 4.98 Å². The fourth-order valence-electron chi connectivity index (χ4n) is 1.06. The van der Waals surface area contributed by atoms with Crippen LogP contribution in [0.25, 0.3) is 0 Å². The van der Waals surface area contributed by atoms with Gasteiger partial charge in [0.25, 0.3) is 5.91 Å². The predicted molar refractivity (Wildman–Crippen MR) is 68.1 cm³/mol. The van der Waals surface area contributed by atoms with E-state index in [1.165, 1.54) is 12.4 Å². The number of carbonyl (C=O) groups is 1. The van der Waals surface area contributed by atoms with Crippen molar-refractivity contribution in [3.8, 4) is 0 Å². The maximum Gasteiger partial charge on any atom is 0.265 e. The third-order valence-corrected chi connectivity index (χ3v) is 2.24. The molecule has 1 aromatic heterocycles. The van der Waals surface area contributed by atoms with E-state index < -0.39 is 31.5 Å². The molecule has 3 atom stereocenters. The summed E-state index contributed by atoms with van der Waals surface area (Å²) in [6, 6.07) is 3.17. The Balaban J connectivity index is 0.000000361. The first-order valence-corrected chi connectivity index (χ1v) is 5.64. The molecule has 20 heavy (non-hydrogen) atoms. The average molecular weight is 289 g/mol. The Morgan fingerprint density at radius 3 is 1.95 bits per heavy atom. The van der Waals surface area contributed by atoms with Gasteiger partial charge in [-0.25, -0.2) is 5.84 Å². The Morgan fingerprint density at radius 2 is 1.60 bits per heavy atom. The number of hydrogen-bond acceptors (Lipinski definition) is 8. The van der Waals surface area contributed by atoms with Crippen LogP contribution in [0.1, 0.15) is 10.4 Å². The lowest BCUT2D eigenvalue weighted by Crippen LogP contribution is -2.41. The molecule has 8 N–H and O–H groups in total. The van der Waals surface area contributed by atoms with Crippen LogP contribution in [0.3, 0.4) is 0 Å². The van der Waals surface area contributed by atoms with E-state index in [9.17, 15) is 4.79 Å². The van der Waals surface area contributed by atoms with Crippen molar-refractivity contribution in [3.63, 3.8) is 0 Å². The Hall–Kier alpha value is -1.62. The first kappa shape index (κ1) is 18.4. The smallest absolute Gasteiger partial charge is 0.265 e. The maximum absolute atomic E-state index is 10.7. The van der Waals surface area contributed by atoms with Gasteiger partial charge in [-0.05, 0) is 12.1 Å². The van der Waals surface area contributed by atoms with Crippen molar-refractivity contribution < 1.29 is 30.3 Å². The number of pyridine rings is 1. The van der Waals surface area contributed by atoms with Gasteiger partial charge < -0.3 is 25.5 Å². The molecule has 1 rings (SSSR count). The van der Waals surface area contributed by atoms with Crippen LogP contribution < -0.4 is 11.3 Å². The molecule has 1 aromatic rings. The van der Waals surface area contributed by atoms with Crippen LogP contribution in [0.2, 0.25) is 0 Å². The zero-order valence-electron chi connectivity index (χ0n) is 10.6. The fraction of sp³-hybridized carbons (Fsp3) is 0.455. The molecule has 0 saturated heterocycles. The first-order valence-electron chi connectivity index (χ1n) is 5.64. The second-order valence-corrected chi connectivity index (χ2v) is 3.70. The van der Waals surface area contributed by atoms with E-state index in [4.69, 9.17) is 31.4 Å². The number of amides is 1.